The fraction of sp³-hybridized carbons (Fsp3) is 0.833. The van der Waals surface area contributed by atoms with Crippen LogP contribution >= 0.6 is 11.9 Å². The normalized spacial score (nSPS) is 39.0. The van der Waals surface area contributed by atoms with Gasteiger partial charge in [0, 0.05) is 56.0 Å². The van der Waals surface area contributed by atoms with Gasteiger partial charge in [0.2, 0.25) is 0 Å². The zero-order valence-corrected chi connectivity index (χ0v) is 28.3. The van der Waals surface area contributed by atoms with Gasteiger partial charge in [-0.15, -0.1) is 0 Å². The van der Waals surface area contributed by atoms with E-state index in [0.717, 1.165) is 37.4 Å². The van der Waals surface area contributed by atoms with Gasteiger partial charge in [-0.05, 0) is 99.2 Å². The van der Waals surface area contributed by atoms with Crippen LogP contribution in [-0.4, -0.2) is 71.9 Å². The molecule has 0 aromatic heterocycles. The number of benzene rings is 1. The summed E-state index contributed by atoms with van der Waals surface area (Å²) in [5.41, 5.74) is 4.90. The minimum Gasteiger partial charge on any atom is -0.357 e. The lowest BCUT2D eigenvalue weighted by Gasteiger charge is -2.51. The highest BCUT2D eigenvalue weighted by Crippen LogP contribution is 2.55. The van der Waals surface area contributed by atoms with E-state index in [1.165, 1.54) is 100 Å². The Morgan fingerprint density at radius 3 is 2.47 bits per heavy atom. The highest BCUT2D eigenvalue weighted by atomic mass is 32.2. The van der Waals surface area contributed by atoms with Crippen LogP contribution in [0.15, 0.2) is 18.2 Å². The summed E-state index contributed by atoms with van der Waals surface area (Å²) in [5.74, 6) is 1.52. The minimum atomic E-state index is 0.0291. The molecule has 7 heteroatoms. The second-order valence-electron chi connectivity index (χ2n) is 16.0. The third kappa shape index (κ3) is 7.03. The fourth-order valence-electron chi connectivity index (χ4n) is 10.1. The van der Waals surface area contributed by atoms with Crippen LogP contribution in [0.3, 0.4) is 0 Å². The summed E-state index contributed by atoms with van der Waals surface area (Å²) in [7, 11) is 0. The molecule has 3 aliphatic heterocycles. The Labute approximate surface area is 266 Å². The van der Waals surface area contributed by atoms with Crippen molar-refractivity contribution >= 4 is 11.9 Å². The first-order valence-corrected chi connectivity index (χ1v) is 18.8. The summed E-state index contributed by atoms with van der Waals surface area (Å²) in [5, 5.41) is 8.51. The molecule has 6 fully saturated rings. The van der Waals surface area contributed by atoms with E-state index in [9.17, 15) is 0 Å². The predicted octanol–water partition coefficient (Wildman–Crippen LogP) is 6.49. The molecule has 43 heavy (non-hydrogen) atoms. The third-order valence-corrected chi connectivity index (χ3v) is 13.2. The van der Waals surface area contributed by atoms with Gasteiger partial charge in [0.05, 0.1) is 6.10 Å². The molecular formula is C36H59N5OS. The smallest absolute Gasteiger partial charge is 0.123 e. The van der Waals surface area contributed by atoms with Crippen LogP contribution < -0.4 is 15.4 Å². The van der Waals surface area contributed by atoms with Gasteiger partial charge in [-0.1, -0.05) is 63.3 Å². The van der Waals surface area contributed by atoms with Gasteiger partial charge in [-0.3, -0.25) is 20.4 Å². The molecule has 3 saturated carbocycles. The molecule has 3 N–H and O–H groups in total. The zero-order valence-electron chi connectivity index (χ0n) is 27.5. The van der Waals surface area contributed by atoms with Crippen molar-refractivity contribution in [3.8, 4) is 0 Å². The van der Waals surface area contributed by atoms with Crippen LogP contribution in [0.25, 0.3) is 0 Å². The summed E-state index contributed by atoms with van der Waals surface area (Å²) in [6.45, 7) is 14.1. The molecule has 3 heterocycles. The van der Waals surface area contributed by atoms with E-state index in [1.54, 1.807) is 0 Å². The van der Waals surface area contributed by atoms with Crippen molar-refractivity contribution in [2.24, 2.45) is 17.3 Å². The van der Waals surface area contributed by atoms with E-state index in [0.29, 0.717) is 16.7 Å². The maximum Gasteiger partial charge on any atom is 0.123 e. The Morgan fingerprint density at radius 1 is 0.930 bits per heavy atom. The summed E-state index contributed by atoms with van der Waals surface area (Å²) in [6, 6.07) is 8.41. The van der Waals surface area contributed by atoms with E-state index in [4.69, 9.17) is 4.74 Å². The Morgan fingerprint density at radius 2 is 1.70 bits per heavy atom. The Balaban J connectivity index is 1.17. The topological polar surface area (TPSA) is 51.8 Å². The number of rotatable bonds is 4. The van der Waals surface area contributed by atoms with Crippen molar-refractivity contribution in [2.45, 2.75) is 147 Å². The van der Waals surface area contributed by atoms with Crippen molar-refractivity contribution in [1.82, 2.24) is 25.2 Å². The van der Waals surface area contributed by atoms with Gasteiger partial charge in [0.1, 0.15) is 12.5 Å². The highest BCUT2D eigenvalue weighted by Gasteiger charge is 2.49. The van der Waals surface area contributed by atoms with Crippen molar-refractivity contribution < 1.29 is 4.74 Å². The van der Waals surface area contributed by atoms with Crippen molar-refractivity contribution in [2.75, 3.05) is 26.2 Å². The monoisotopic (exact) mass is 609 g/mol. The van der Waals surface area contributed by atoms with Crippen LogP contribution in [0.2, 0.25) is 0 Å². The number of ether oxygens (including phenoxy) is 1. The Kier molecular flexibility index (Phi) is 9.51. The molecule has 6 unspecified atom stereocenters. The average Bonchev–Trinajstić information content (AvgIpc) is 3.39. The summed E-state index contributed by atoms with van der Waals surface area (Å²) >= 11 is 1.98. The lowest BCUT2D eigenvalue weighted by atomic mass is 9.63. The van der Waals surface area contributed by atoms with Crippen LogP contribution in [0.5, 0.6) is 0 Å². The molecular weight excluding hydrogens is 550 g/mol. The van der Waals surface area contributed by atoms with E-state index >= 15 is 0 Å². The maximum atomic E-state index is 7.26. The first kappa shape index (κ1) is 31.0. The molecule has 3 saturated heterocycles. The lowest BCUT2D eigenvalue weighted by molar-refractivity contribution is -0.0866. The number of nitrogens with zero attached hydrogens (tertiary/aromatic N) is 2. The lowest BCUT2D eigenvalue weighted by Crippen LogP contribution is -2.62. The number of hydrogen-bond donors (Lipinski definition) is 3. The van der Waals surface area contributed by atoms with E-state index < -0.39 is 0 Å². The Bertz CT molecular complexity index is 1070. The van der Waals surface area contributed by atoms with E-state index in [1.807, 2.05) is 11.9 Å². The molecule has 6 aliphatic rings. The number of nitrogens with one attached hydrogen (secondary N) is 3. The summed E-state index contributed by atoms with van der Waals surface area (Å²) < 4.78 is 11.1. The van der Waals surface area contributed by atoms with Crippen LogP contribution in [-0.2, 0) is 4.74 Å². The van der Waals surface area contributed by atoms with Crippen molar-refractivity contribution in [3.05, 3.63) is 34.9 Å². The molecule has 6 nitrogen and oxygen atoms in total. The third-order valence-electron chi connectivity index (χ3n) is 12.1. The first-order valence-electron chi connectivity index (χ1n) is 18.0. The molecule has 0 amide bonds. The van der Waals surface area contributed by atoms with Crippen molar-refractivity contribution in [1.29, 1.82) is 0 Å². The second kappa shape index (κ2) is 13.2. The molecule has 8 atom stereocenters. The van der Waals surface area contributed by atoms with E-state index in [-0.39, 0.29) is 24.7 Å². The maximum absolute atomic E-state index is 7.26. The number of aryl methyl sites for hydroxylation is 2. The SMILES string of the molecule is Cc1cccc(C)c1C1CC2NC(NSC3CCCC(C3)CN3C[C@@H](CN(C4CC5(CCCC5)C4)C[C@@H]3CC(C)C)O2)N1. The minimum absolute atomic E-state index is 0.0291. The average molecular weight is 610 g/mol. The fourth-order valence-corrected chi connectivity index (χ4v) is 11.2. The van der Waals surface area contributed by atoms with Gasteiger partial charge in [-0.2, -0.15) is 0 Å². The Hall–Kier alpha value is -0.670. The van der Waals surface area contributed by atoms with Gasteiger partial charge >= 0.3 is 0 Å². The molecule has 3 aliphatic carbocycles. The van der Waals surface area contributed by atoms with E-state index in [2.05, 4.69) is 71.0 Å². The quantitative estimate of drug-likeness (QED) is 0.338. The van der Waals surface area contributed by atoms with Crippen LogP contribution in [0.4, 0.5) is 0 Å². The molecule has 1 aromatic rings. The second-order valence-corrected chi connectivity index (χ2v) is 17.1. The van der Waals surface area contributed by atoms with Gasteiger partial charge < -0.3 is 4.74 Å². The van der Waals surface area contributed by atoms with Crippen molar-refractivity contribution in [3.63, 3.8) is 0 Å². The highest BCUT2D eigenvalue weighted by molar-refractivity contribution is 7.98. The van der Waals surface area contributed by atoms with Gasteiger partial charge in [0.25, 0.3) is 0 Å². The molecule has 1 spiro atoms. The number of hydrogen-bond acceptors (Lipinski definition) is 7. The first-order chi connectivity index (χ1) is 20.8. The van der Waals surface area contributed by atoms with Gasteiger partial charge in [0.15, 0.2) is 0 Å². The number of fused-ring (bicyclic) bond motifs is 6. The molecule has 1 aromatic carbocycles. The van der Waals surface area contributed by atoms with Crippen LogP contribution in [0.1, 0.15) is 114 Å². The standard InChI is InChI=1S/C36H59N5OS/c1-24(2)15-28-21-41(29-18-36(19-29)13-5-6-14-36)23-30-22-40(28)20-27-11-8-12-31(16-27)43-39-35-37-32(17-33(38-35)42-30)34-25(3)9-7-10-26(34)4/h7,9-10,24,27-33,35,37-39H,5-6,8,11-23H2,1-4H3/t27?,28-,30-,31?,32?,33?,35?/m0/s1. The van der Waals surface area contributed by atoms with Gasteiger partial charge in [-0.25, -0.2) is 4.72 Å². The molecule has 240 valence electrons. The largest absolute Gasteiger partial charge is 0.357 e. The molecule has 7 rings (SSSR count). The zero-order chi connectivity index (χ0) is 29.6. The molecule has 6 bridgehead atoms. The predicted molar refractivity (Wildman–Crippen MR) is 179 cm³/mol. The van der Waals surface area contributed by atoms with Crippen LogP contribution in [0, 0.1) is 31.1 Å². The summed E-state index contributed by atoms with van der Waals surface area (Å²) in [6.07, 6.45) is 16.7. The molecule has 0 radical (unpaired) electrons. The summed E-state index contributed by atoms with van der Waals surface area (Å²) in [4.78, 5) is 5.85.